The lowest BCUT2D eigenvalue weighted by Gasteiger charge is -2.24. The van der Waals surface area contributed by atoms with Gasteiger partial charge in [0.25, 0.3) is 5.91 Å². The quantitative estimate of drug-likeness (QED) is 0.747. The molecule has 4 rings (SSSR count). The smallest absolute Gasteiger partial charge is 0.290 e. The summed E-state index contributed by atoms with van der Waals surface area (Å²) in [5.41, 5.74) is 0.742. The number of amides is 1. The Kier molecular flexibility index (Phi) is 4.25. The highest BCUT2D eigenvalue weighted by Crippen LogP contribution is 2.39. The molecule has 0 aliphatic carbocycles. The number of β-amino-alcohol motifs (C(OH)–C–C–N with tert-alkyl or cyclic N) is 1. The lowest BCUT2D eigenvalue weighted by Crippen LogP contribution is -2.32. The van der Waals surface area contributed by atoms with Crippen LogP contribution >= 0.6 is 11.6 Å². The minimum absolute atomic E-state index is 0.0579. The molecule has 0 bridgehead atoms. The minimum Gasteiger partial charge on any atom is -0.450 e. The van der Waals surface area contributed by atoms with E-state index in [0.717, 1.165) is 0 Å². The van der Waals surface area contributed by atoms with E-state index in [-0.39, 0.29) is 41.0 Å². The molecule has 0 spiro atoms. The van der Waals surface area contributed by atoms with Gasteiger partial charge in [-0.15, -0.1) is 0 Å². The average molecular weight is 388 g/mol. The zero-order valence-electron chi connectivity index (χ0n) is 14.3. The van der Waals surface area contributed by atoms with Crippen molar-refractivity contribution < 1.29 is 18.7 Å². The van der Waals surface area contributed by atoms with Gasteiger partial charge in [-0.3, -0.25) is 9.59 Å². The highest BCUT2D eigenvalue weighted by molar-refractivity contribution is 6.32. The maximum absolute atomic E-state index is 14.5. The molecule has 1 N–H and O–H groups in total. The van der Waals surface area contributed by atoms with Crippen molar-refractivity contribution in [3.63, 3.8) is 0 Å². The van der Waals surface area contributed by atoms with Gasteiger partial charge in [0.2, 0.25) is 5.76 Å². The van der Waals surface area contributed by atoms with E-state index in [1.807, 2.05) is 0 Å². The van der Waals surface area contributed by atoms with Crippen molar-refractivity contribution in [1.82, 2.24) is 4.90 Å². The lowest BCUT2D eigenvalue weighted by molar-refractivity contribution is 0.0689. The van der Waals surface area contributed by atoms with Gasteiger partial charge in [-0.05, 0) is 30.7 Å². The van der Waals surface area contributed by atoms with Crippen molar-refractivity contribution in [2.24, 2.45) is 0 Å². The van der Waals surface area contributed by atoms with Gasteiger partial charge in [-0.1, -0.05) is 29.8 Å². The van der Waals surface area contributed by atoms with Crippen LogP contribution in [0.4, 0.5) is 4.39 Å². The van der Waals surface area contributed by atoms with Crippen LogP contribution in [0.1, 0.15) is 33.3 Å². The van der Waals surface area contributed by atoms with Gasteiger partial charge < -0.3 is 14.4 Å². The second kappa shape index (κ2) is 6.48. The first-order valence-corrected chi connectivity index (χ1v) is 8.75. The van der Waals surface area contributed by atoms with Gasteiger partial charge in [0.1, 0.15) is 11.4 Å². The number of carbonyl (C=O) groups excluding carboxylic acids is 1. The molecule has 0 saturated carbocycles. The Labute approximate surface area is 158 Å². The molecule has 0 radical (unpaired) electrons. The van der Waals surface area contributed by atoms with Crippen LogP contribution in [-0.2, 0) is 0 Å². The first-order chi connectivity index (χ1) is 12.9. The molecule has 0 saturated heterocycles. The number of hydrogen-bond donors (Lipinski definition) is 1. The topological polar surface area (TPSA) is 70.8 Å². The second-order valence-corrected chi connectivity index (χ2v) is 6.82. The van der Waals surface area contributed by atoms with Crippen molar-refractivity contribution in [1.29, 1.82) is 0 Å². The Hall–Kier alpha value is -2.70. The Bertz CT molecular complexity index is 1140. The van der Waals surface area contributed by atoms with Gasteiger partial charge in [0.15, 0.2) is 5.43 Å². The Morgan fingerprint density at radius 2 is 2.00 bits per heavy atom. The monoisotopic (exact) mass is 387 g/mol. The second-order valence-electron chi connectivity index (χ2n) is 6.42. The molecule has 7 heteroatoms. The fourth-order valence-electron chi connectivity index (χ4n) is 3.50. The van der Waals surface area contributed by atoms with Crippen LogP contribution in [0.2, 0.25) is 5.02 Å². The summed E-state index contributed by atoms with van der Waals surface area (Å²) in [5, 5.41) is 10.00. The van der Waals surface area contributed by atoms with Crippen molar-refractivity contribution in [3.05, 3.63) is 79.9 Å². The summed E-state index contributed by atoms with van der Waals surface area (Å²) >= 11 is 6.15. The number of nitrogens with zero attached hydrogens (tertiary/aromatic N) is 1. The summed E-state index contributed by atoms with van der Waals surface area (Å²) in [6.07, 6.45) is 0. The number of benzene rings is 2. The Balaban J connectivity index is 2.06. The molecule has 138 valence electrons. The fraction of sp³-hybridized carbons (Fsp3) is 0.200. The van der Waals surface area contributed by atoms with E-state index in [4.69, 9.17) is 16.0 Å². The van der Waals surface area contributed by atoms with Crippen LogP contribution in [0.15, 0.2) is 45.6 Å². The molecule has 1 unspecified atom stereocenters. The molecule has 2 aromatic carbocycles. The molecule has 27 heavy (non-hydrogen) atoms. The Morgan fingerprint density at radius 1 is 1.26 bits per heavy atom. The van der Waals surface area contributed by atoms with Crippen molar-refractivity contribution in [3.8, 4) is 0 Å². The standard InChI is InChI=1S/C20H15ClFNO4/c1-10-8-15-12(9-13(10)21)18(25)16-17(11-4-2-3-5-14(11)22)23(6-7-24)20(26)19(16)27-15/h2-5,8-9,17,24H,6-7H2,1H3. The van der Waals surface area contributed by atoms with Crippen LogP contribution in [0.5, 0.6) is 0 Å². The van der Waals surface area contributed by atoms with Crippen LogP contribution in [0.25, 0.3) is 11.0 Å². The number of halogens is 2. The lowest BCUT2D eigenvalue weighted by atomic mass is 9.98. The molecule has 1 aliphatic rings. The first kappa shape index (κ1) is 17.7. The molecule has 3 aromatic rings. The van der Waals surface area contributed by atoms with E-state index in [1.165, 1.54) is 29.2 Å². The predicted molar refractivity (Wildman–Crippen MR) is 98.6 cm³/mol. The van der Waals surface area contributed by atoms with E-state index in [2.05, 4.69) is 0 Å². The van der Waals surface area contributed by atoms with Gasteiger partial charge in [-0.2, -0.15) is 0 Å². The van der Waals surface area contributed by atoms with Gasteiger partial charge in [0, 0.05) is 17.1 Å². The minimum atomic E-state index is -0.971. The first-order valence-electron chi connectivity index (χ1n) is 8.37. The van der Waals surface area contributed by atoms with E-state index in [0.29, 0.717) is 10.6 Å². The highest BCUT2D eigenvalue weighted by atomic mass is 35.5. The molecule has 1 aromatic heterocycles. The van der Waals surface area contributed by atoms with E-state index >= 15 is 0 Å². The van der Waals surface area contributed by atoms with Crippen LogP contribution in [0, 0.1) is 12.7 Å². The number of aliphatic hydroxyl groups excluding tert-OH is 1. The number of aryl methyl sites for hydroxylation is 1. The number of carbonyl (C=O) groups is 1. The zero-order valence-corrected chi connectivity index (χ0v) is 15.1. The maximum atomic E-state index is 14.5. The molecule has 1 aliphatic heterocycles. The molecular weight excluding hydrogens is 373 g/mol. The summed E-state index contributed by atoms with van der Waals surface area (Å²) in [6, 6.07) is 8.05. The molecular formula is C20H15ClFNO4. The van der Waals surface area contributed by atoms with Crippen LogP contribution in [0.3, 0.4) is 0 Å². The molecule has 1 amide bonds. The predicted octanol–water partition coefficient (Wildman–Crippen LogP) is 3.43. The van der Waals surface area contributed by atoms with Gasteiger partial charge >= 0.3 is 0 Å². The largest absolute Gasteiger partial charge is 0.450 e. The van der Waals surface area contributed by atoms with Crippen molar-refractivity contribution in [2.75, 3.05) is 13.2 Å². The van der Waals surface area contributed by atoms with E-state index in [1.54, 1.807) is 19.1 Å². The summed E-state index contributed by atoms with van der Waals surface area (Å²) < 4.78 is 20.2. The third kappa shape index (κ3) is 2.64. The van der Waals surface area contributed by atoms with Crippen LogP contribution in [-0.4, -0.2) is 29.1 Å². The highest BCUT2D eigenvalue weighted by Gasteiger charge is 2.43. The van der Waals surface area contributed by atoms with E-state index in [9.17, 15) is 19.1 Å². The van der Waals surface area contributed by atoms with Crippen molar-refractivity contribution >= 4 is 28.5 Å². The van der Waals surface area contributed by atoms with Gasteiger partial charge in [-0.25, -0.2) is 4.39 Å². The summed E-state index contributed by atoms with van der Waals surface area (Å²) in [4.78, 5) is 27.3. The number of fused-ring (bicyclic) bond motifs is 2. The molecule has 5 nitrogen and oxygen atoms in total. The summed E-state index contributed by atoms with van der Waals surface area (Å²) in [6.45, 7) is 1.37. The summed E-state index contributed by atoms with van der Waals surface area (Å²) in [5.74, 6) is -1.23. The summed E-state index contributed by atoms with van der Waals surface area (Å²) in [7, 11) is 0. The number of rotatable bonds is 3. The molecule has 0 fully saturated rings. The van der Waals surface area contributed by atoms with E-state index < -0.39 is 23.2 Å². The normalized spacial score (nSPS) is 16.2. The number of hydrogen-bond acceptors (Lipinski definition) is 4. The third-order valence-corrected chi connectivity index (χ3v) is 5.19. The fourth-order valence-corrected chi connectivity index (χ4v) is 3.66. The zero-order chi connectivity index (χ0) is 19.3. The van der Waals surface area contributed by atoms with Crippen LogP contribution < -0.4 is 5.43 Å². The average Bonchev–Trinajstić information content (AvgIpc) is 2.91. The SMILES string of the molecule is Cc1cc2oc3c(c(=O)c2cc1Cl)C(c1ccccc1F)N(CCO)C3=O. The Morgan fingerprint density at radius 3 is 2.70 bits per heavy atom. The maximum Gasteiger partial charge on any atom is 0.290 e. The van der Waals surface area contributed by atoms with Gasteiger partial charge in [0.05, 0.1) is 23.6 Å². The third-order valence-electron chi connectivity index (χ3n) is 4.79. The molecule has 2 heterocycles. The molecule has 1 atom stereocenters. The van der Waals surface area contributed by atoms with Crippen molar-refractivity contribution in [2.45, 2.75) is 13.0 Å². The number of aliphatic hydroxyl groups is 1.